The summed E-state index contributed by atoms with van der Waals surface area (Å²) in [7, 11) is 0. The van der Waals surface area contributed by atoms with Crippen LogP contribution in [0.2, 0.25) is 0 Å². The minimum atomic E-state index is -0.983. The van der Waals surface area contributed by atoms with E-state index in [2.05, 4.69) is 33.3 Å². The van der Waals surface area contributed by atoms with Crippen LogP contribution in [0.25, 0.3) is 22.8 Å². The van der Waals surface area contributed by atoms with Gasteiger partial charge in [0.2, 0.25) is 5.82 Å². The molecule has 8 nitrogen and oxygen atoms in total. The molecule has 4 rings (SSSR count). The number of hydrogen-bond donors (Lipinski definition) is 1. The molecular weight excluding hydrogens is 408 g/mol. The maximum Gasteiger partial charge on any atom is 0.258 e. The van der Waals surface area contributed by atoms with Crippen molar-refractivity contribution in [2.45, 2.75) is 39.2 Å². The van der Waals surface area contributed by atoms with Crippen LogP contribution in [0.3, 0.4) is 0 Å². The second-order valence-corrected chi connectivity index (χ2v) is 7.55. The lowest BCUT2D eigenvalue weighted by molar-refractivity contribution is 0.0184. The van der Waals surface area contributed by atoms with Crippen molar-refractivity contribution in [2.75, 3.05) is 13.2 Å². The van der Waals surface area contributed by atoms with Gasteiger partial charge in [0.1, 0.15) is 0 Å². The Morgan fingerprint density at radius 3 is 2.75 bits per heavy atom. The minimum Gasteiger partial charge on any atom is -0.381 e. The van der Waals surface area contributed by atoms with E-state index in [-0.39, 0.29) is 12.5 Å². The summed E-state index contributed by atoms with van der Waals surface area (Å²) in [5.74, 6) is 1.75. The number of aromatic nitrogens is 4. The van der Waals surface area contributed by atoms with Crippen LogP contribution in [-0.2, 0) is 17.6 Å². The Labute approximate surface area is 186 Å². The van der Waals surface area contributed by atoms with Crippen molar-refractivity contribution in [3.63, 3.8) is 0 Å². The Bertz CT molecular complexity index is 1150. The molecule has 2 heterocycles. The fourth-order valence-corrected chi connectivity index (χ4v) is 3.37. The van der Waals surface area contributed by atoms with Gasteiger partial charge in [-0.05, 0) is 37.5 Å². The lowest BCUT2D eigenvalue weighted by Gasteiger charge is -2.06. The smallest absolute Gasteiger partial charge is 0.258 e. The van der Waals surface area contributed by atoms with Gasteiger partial charge in [0.15, 0.2) is 11.9 Å². The molecule has 1 atom stereocenters. The van der Waals surface area contributed by atoms with E-state index >= 15 is 0 Å². The summed E-state index contributed by atoms with van der Waals surface area (Å²) >= 11 is 0. The van der Waals surface area contributed by atoms with E-state index in [1.807, 2.05) is 49.4 Å². The van der Waals surface area contributed by atoms with Gasteiger partial charge < -0.3 is 18.9 Å². The van der Waals surface area contributed by atoms with Gasteiger partial charge in [0, 0.05) is 24.2 Å². The molecule has 1 N–H and O–H groups in total. The molecule has 8 heteroatoms. The maximum atomic E-state index is 10.3. The summed E-state index contributed by atoms with van der Waals surface area (Å²) in [5.41, 5.74) is 4.08. The highest BCUT2D eigenvalue weighted by Crippen LogP contribution is 2.23. The fourth-order valence-electron chi connectivity index (χ4n) is 3.37. The highest BCUT2D eigenvalue weighted by molar-refractivity contribution is 5.58. The van der Waals surface area contributed by atoms with E-state index in [0.29, 0.717) is 37.0 Å². The molecule has 0 fully saturated rings. The first-order valence-corrected chi connectivity index (χ1v) is 10.7. The van der Waals surface area contributed by atoms with Gasteiger partial charge in [-0.15, -0.1) is 0 Å². The van der Waals surface area contributed by atoms with Crippen molar-refractivity contribution >= 4 is 0 Å². The Kier molecular flexibility index (Phi) is 7.03. The third-order valence-corrected chi connectivity index (χ3v) is 5.06. The third-order valence-electron chi connectivity index (χ3n) is 5.06. The summed E-state index contributed by atoms with van der Waals surface area (Å²) < 4.78 is 16.2. The molecule has 1 unspecified atom stereocenters. The molecule has 32 heavy (non-hydrogen) atoms. The van der Waals surface area contributed by atoms with Crippen molar-refractivity contribution in [3.8, 4) is 22.8 Å². The molecule has 166 valence electrons. The molecule has 0 aliphatic heterocycles. The summed E-state index contributed by atoms with van der Waals surface area (Å²) in [6.45, 7) is 4.59. The summed E-state index contributed by atoms with van der Waals surface area (Å²) in [4.78, 5) is 8.76. The van der Waals surface area contributed by atoms with Crippen molar-refractivity contribution in [2.24, 2.45) is 0 Å². The molecule has 0 aliphatic rings. The maximum absolute atomic E-state index is 10.3. The Hall–Kier alpha value is -3.36. The number of nitrogens with zero attached hydrogens (tertiary/aromatic N) is 4. The summed E-state index contributed by atoms with van der Waals surface area (Å²) in [6, 6.07) is 15.8. The minimum absolute atomic E-state index is 0.0663. The molecule has 0 aliphatic carbocycles. The van der Waals surface area contributed by atoms with Gasteiger partial charge in [-0.3, -0.25) is 0 Å². The predicted molar refractivity (Wildman–Crippen MR) is 118 cm³/mol. The van der Waals surface area contributed by atoms with Gasteiger partial charge in [0.05, 0.1) is 6.61 Å². The quantitative estimate of drug-likeness (QED) is 0.367. The van der Waals surface area contributed by atoms with Crippen molar-refractivity contribution in [3.05, 3.63) is 71.4 Å². The van der Waals surface area contributed by atoms with E-state index in [0.717, 1.165) is 23.1 Å². The van der Waals surface area contributed by atoms with Gasteiger partial charge in [-0.25, -0.2) is 0 Å². The number of rotatable bonds is 10. The van der Waals surface area contributed by atoms with E-state index in [1.54, 1.807) is 0 Å². The topological polar surface area (TPSA) is 107 Å². The number of hydrogen-bond acceptors (Lipinski definition) is 8. The third kappa shape index (κ3) is 5.27. The van der Waals surface area contributed by atoms with Crippen molar-refractivity contribution in [1.29, 1.82) is 0 Å². The second kappa shape index (κ2) is 10.3. The largest absolute Gasteiger partial charge is 0.381 e. The van der Waals surface area contributed by atoms with E-state index in [4.69, 9.17) is 13.8 Å². The molecule has 0 radical (unpaired) electrons. The number of aliphatic hydroxyl groups is 1. The van der Waals surface area contributed by atoms with Crippen molar-refractivity contribution in [1.82, 2.24) is 20.3 Å². The van der Waals surface area contributed by atoms with Crippen LogP contribution in [0.4, 0.5) is 0 Å². The van der Waals surface area contributed by atoms with Gasteiger partial charge in [-0.2, -0.15) is 9.97 Å². The first kappa shape index (κ1) is 21.9. The first-order valence-electron chi connectivity index (χ1n) is 10.7. The molecule has 0 saturated carbocycles. The van der Waals surface area contributed by atoms with Crippen LogP contribution in [0.5, 0.6) is 0 Å². The van der Waals surface area contributed by atoms with Crippen molar-refractivity contribution < 1.29 is 18.9 Å². The van der Waals surface area contributed by atoms with E-state index in [1.165, 1.54) is 5.56 Å². The van der Waals surface area contributed by atoms with Crippen LogP contribution >= 0.6 is 0 Å². The summed E-state index contributed by atoms with van der Waals surface area (Å²) in [6.07, 6.45) is 1.23. The number of aryl methyl sites for hydroxylation is 3. The molecule has 0 bridgehead atoms. The zero-order valence-electron chi connectivity index (χ0n) is 18.2. The molecule has 4 aromatic rings. The Balaban J connectivity index is 1.23. The van der Waals surface area contributed by atoms with Crippen LogP contribution in [0, 0.1) is 6.92 Å². The van der Waals surface area contributed by atoms with Crippen LogP contribution in [0.15, 0.2) is 57.6 Å². The van der Waals surface area contributed by atoms with Gasteiger partial charge >= 0.3 is 0 Å². The predicted octanol–water partition coefficient (Wildman–Crippen LogP) is 4.34. The average molecular weight is 434 g/mol. The lowest BCUT2D eigenvalue weighted by atomic mass is 10.1. The van der Waals surface area contributed by atoms with E-state index < -0.39 is 6.10 Å². The van der Waals surface area contributed by atoms with Crippen LogP contribution < -0.4 is 0 Å². The molecule has 0 saturated heterocycles. The molecule has 0 amide bonds. The number of aliphatic hydroxyl groups excluding tert-OH is 1. The fraction of sp³-hybridized carbons (Fsp3) is 0.333. The second-order valence-electron chi connectivity index (χ2n) is 7.55. The molecule has 2 aromatic carbocycles. The SMILES string of the molecule is CCc1ccccc1-c1nc(CCCOCC(O)c2nc(-c3cccc(C)c3)no2)no1. The van der Waals surface area contributed by atoms with Gasteiger partial charge in [0.25, 0.3) is 11.8 Å². The Morgan fingerprint density at radius 2 is 1.91 bits per heavy atom. The molecule has 0 spiro atoms. The average Bonchev–Trinajstić information content (AvgIpc) is 3.49. The summed E-state index contributed by atoms with van der Waals surface area (Å²) in [5, 5.41) is 18.3. The van der Waals surface area contributed by atoms with Gasteiger partial charge in [-0.1, -0.05) is 59.2 Å². The zero-order valence-corrected chi connectivity index (χ0v) is 18.2. The highest BCUT2D eigenvalue weighted by Gasteiger charge is 2.17. The monoisotopic (exact) mass is 434 g/mol. The van der Waals surface area contributed by atoms with Crippen LogP contribution in [0.1, 0.15) is 42.3 Å². The standard InChI is InChI=1S/C24H26N4O4/c1-3-17-9-4-5-11-19(17)23-25-21(27-31-23)12-7-13-30-15-20(29)24-26-22(28-32-24)18-10-6-8-16(2)14-18/h4-6,8-11,14,20,29H,3,7,12-13,15H2,1-2H3. The molecular formula is C24H26N4O4. The van der Waals surface area contributed by atoms with Crippen LogP contribution in [-0.4, -0.2) is 38.6 Å². The zero-order chi connectivity index (χ0) is 22.3. The molecule has 2 aromatic heterocycles. The Morgan fingerprint density at radius 1 is 1.03 bits per heavy atom. The first-order chi connectivity index (χ1) is 15.6. The van der Waals surface area contributed by atoms with E-state index in [9.17, 15) is 5.11 Å². The highest BCUT2D eigenvalue weighted by atomic mass is 16.5. The number of ether oxygens (including phenoxy) is 1. The lowest BCUT2D eigenvalue weighted by Crippen LogP contribution is -2.09. The number of benzene rings is 2. The normalized spacial score (nSPS) is 12.2.